The molecule has 3 nitrogen and oxygen atoms in total. The zero-order chi connectivity index (χ0) is 17.7. The quantitative estimate of drug-likeness (QED) is 0.786. The van der Waals surface area contributed by atoms with Crippen molar-refractivity contribution in [1.82, 2.24) is 4.90 Å². The Balaban J connectivity index is 2.55. The molecule has 1 amide bonds. The summed E-state index contributed by atoms with van der Waals surface area (Å²) in [7, 11) is 4.04. The molecule has 1 atom stereocenters. The number of benzene rings is 2. The van der Waals surface area contributed by atoms with E-state index in [1.165, 1.54) is 11.0 Å². The Morgan fingerprint density at radius 2 is 1.79 bits per heavy atom. The molecule has 0 spiro atoms. The van der Waals surface area contributed by atoms with Crippen molar-refractivity contribution in [3.05, 3.63) is 59.7 Å². The Kier molecular flexibility index (Phi) is 5.79. The minimum Gasteiger partial charge on any atom is -0.369 e. The van der Waals surface area contributed by atoms with E-state index in [4.69, 9.17) is 5.73 Å². The Hall–Kier alpha value is -2.13. The second-order valence-corrected chi connectivity index (χ2v) is 7.05. The number of rotatable bonds is 7. The standard InChI is InChI=1S/C21H28N2O/c1-16(2)11-12-21(20(22)24,13-14-23(3)4)19-10-9-17-7-5-6-8-18(17)15-19/h5-11,15H,12-14H2,1-4H3,(H2,22,24). The maximum atomic E-state index is 12.6. The van der Waals surface area contributed by atoms with Gasteiger partial charge in [-0.1, -0.05) is 54.1 Å². The maximum absolute atomic E-state index is 12.6. The summed E-state index contributed by atoms with van der Waals surface area (Å²) in [5, 5.41) is 2.32. The van der Waals surface area contributed by atoms with Gasteiger partial charge in [-0.2, -0.15) is 0 Å². The Bertz CT molecular complexity index is 744. The number of allylic oxidation sites excluding steroid dienone is 2. The topological polar surface area (TPSA) is 46.3 Å². The Labute approximate surface area is 145 Å². The number of amides is 1. The van der Waals surface area contributed by atoms with Gasteiger partial charge in [-0.25, -0.2) is 0 Å². The Morgan fingerprint density at radius 1 is 1.12 bits per heavy atom. The van der Waals surface area contributed by atoms with Gasteiger partial charge in [0.1, 0.15) is 0 Å². The van der Waals surface area contributed by atoms with E-state index in [0.29, 0.717) is 12.8 Å². The molecular formula is C21H28N2O. The first kappa shape index (κ1) is 18.2. The highest BCUT2D eigenvalue weighted by Gasteiger charge is 2.37. The highest BCUT2D eigenvalue weighted by Crippen LogP contribution is 2.34. The van der Waals surface area contributed by atoms with Gasteiger partial charge in [0.25, 0.3) is 0 Å². The van der Waals surface area contributed by atoms with Crippen LogP contribution in [-0.4, -0.2) is 31.4 Å². The fourth-order valence-electron chi connectivity index (χ4n) is 3.01. The van der Waals surface area contributed by atoms with Crippen LogP contribution < -0.4 is 5.73 Å². The largest absolute Gasteiger partial charge is 0.369 e. The summed E-state index contributed by atoms with van der Waals surface area (Å²) < 4.78 is 0. The summed E-state index contributed by atoms with van der Waals surface area (Å²) in [6.07, 6.45) is 3.46. The first-order valence-electron chi connectivity index (χ1n) is 8.42. The van der Waals surface area contributed by atoms with Crippen LogP contribution in [-0.2, 0) is 10.2 Å². The molecule has 2 rings (SSSR count). The van der Waals surface area contributed by atoms with Crippen LogP contribution >= 0.6 is 0 Å². The second kappa shape index (κ2) is 7.63. The SMILES string of the molecule is CC(C)=CCC(CCN(C)C)(C(N)=O)c1ccc2ccccc2c1. The molecule has 0 aliphatic heterocycles. The predicted molar refractivity (Wildman–Crippen MR) is 102 cm³/mol. The molecule has 0 bridgehead atoms. The Morgan fingerprint density at radius 3 is 2.38 bits per heavy atom. The first-order valence-corrected chi connectivity index (χ1v) is 8.42. The van der Waals surface area contributed by atoms with Crippen LogP contribution in [0.5, 0.6) is 0 Å². The lowest BCUT2D eigenvalue weighted by atomic mass is 9.73. The number of nitrogens with two attached hydrogens (primary N) is 1. The molecule has 128 valence electrons. The third-order valence-electron chi connectivity index (χ3n) is 4.62. The normalized spacial score (nSPS) is 13.7. The van der Waals surface area contributed by atoms with Gasteiger partial charge >= 0.3 is 0 Å². The van der Waals surface area contributed by atoms with Crippen molar-refractivity contribution < 1.29 is 4.79 Å². The molecule has 24 heavy (non-hydrogen) atoms. The molecule has 0 aromatic heterocycles. The van der Waals surface area contributed by atoms with E-state index < -0.39 is 5.41 Å². The van der Waals surface area contributed by atoms with Gasteiger partial charge in [-0.05, 0) is 63.7 Å². The van der Waals surface area contributed by atoms with Crippen LogP contribution in [0.1, 0.15) is 32.3 Å². The fourth-order valence-corrected chi connectivity index (χ4v) is 3.01. The third-order valence-corrected chi connectivity index (χ3v) is 4.62. The number of hydrogen-bond acceptors (Lipinski definition) is 2. The molecular weight excluding hydrogens is 296 g/mol. The molecule has 1 unspecified atom stereocenters. The van der Waals surface area contributed by atoms with Crippen molar-refractivity contribution in [1.29, 1.82) is 0 Å². The van der Waals surface area contributed by atoms with Crippen molar-refractivity contribution in [3.8, 4) is 0 Å². The van der Waals surface area contributed by atoms with Gasteiger partial charge in [0.05, 0.1) is 5.41 Å². The molecule has 3 heteroatoms. The molecule has 0 saturated carbocycles. The minimum absolute atomic E-state index is 0.253. The van der Waals surface area contributed by atoms with Gasteiger partial charge in [0, 0.05) is 0 Å². The molecule has 0 aliphatic rings. The maximum Gasteiger partial charge on any atom is 0.228 e. The molecule has 2 aromatic carbocycles. The summed E-state index contributed by atoms with van der Waals surface area (Å²) in [5.74, 6) is -0.253. The smallest absolute Gasteiger partial charge is 0.228 e. The van der Waals surface area contributed by atoms with Crippen LogP contribution in [0.4, 0.5) is 0 Å². The van der Waals surface area contributed by atoms with E-state index in [2.05, 4.69) is 55.2 Å². The van der Waals surface area contributed by atoms with Crippen LogP contribution in [0.15, 0.2) is 54.1 Å². The van der Waals surface area contributed by atoms with Gasteiger partial charge in [0.15, 0.2) is 0 Å². The number of nitrogens with zero attached hydrogens (tertiary/aromatic N) is 1. The highest BCUT2D eigenvalue weighted by atomic mass is 16.1. The fraction of sp³-hybridized carbons (Fsp3) is 0.381. The highest BCUT2D eigenvalue weighted by molar-refractivity contribution is 5.90. The number of hydrogen-bond donors (Lipinski definition) is 1. The van der Waals surface area contributed by atoms with Crippen LogP contribution in [0.2, 0.25) is 0 Å². The van der Waals surface area contributed by atoms with E-state index >= 15 is 0 Å². The summed E-state index contributed by atoms with van der Waals surface area (Å²) in [6.45, 7) is 4.92. The number of primary amides is 1. The molecule has 0 heterocycles. The molecule has 0 saturated heterocycles. The molecule has 0 fully saturated rings. The van der Waals surface area contributed by atoms with Gasteiger partial charge in [-0.15, -0.1) is 0 Å². The summed E-state index contributed by atoms with van der Waals surface area (Å²) in [6, 6.07) is 14.5. The zero-order valence-electron chi connectivity index (χ0n) is 15.2. The van der Waals surface area contributed by atoms with Crippen molar-refractivity contribution in [2.24, 2.45) is 5.73 Å². The lowest BCUT2D eigenvalue weighted by Gasteiger charge is -2.32. The van der Waals surface area contributed by atoms with Crippen molar-refractivity contribution in [3.63, 3.8) is 0 Å². The minimum atomic E-state index is -0.675. The predicted octanol–water partition coefficient (Wildman–Crippen LogP) is 3.87. The van der Waals surface area contributed by atoms with Gasteiger partial charge in [-0.3, -0.25) is 4.79 Å². The summed E-state index contributed by atoms with van der Waals surface area (Å²) in [5.41, 5.74) is 7.47. The first-order chi connectivity index (χ1) is 11.3. The summed E-state index contributed by atoms with van der Waals surface area (Å²) in [4.78, 5) is 14.7. The molecule has 0 aliphatic carbocycles. The van der Waals surface area contributed by atoms with Crippen LogP contribution in [0.3, 0.4) is 0 Å². The molecule has 2 N–H and O–H groups in total. The average Bonchev–Trinajstić information content (AvgIpc) is 2.54. The van der Waals surface area contributed by atoms with Crippen molar-refractivity contribution >= 4 is 16.7 Å². The summed E-state index contributed by atoms with van der Waals surface area (Å²) >= 11 is 0. The van der Waals surface area contributed by atoms with E-state index in [1.807, 2.05) is 26.2 Å². The van der Waals surface area contributed by atoms with Gasteiger partial charge < -0.3 is 10.6 Å². The average molecular weight is 324 g/mol. The van der Waals surface area contributed by atoms with Crippen LogP contribution in [0, 0.1) is 0 Å². The van der Waals surface area contributed by atoms with Crippen molar-refractivity contribution in [2.75, 3.05) is 20.6 Å². The number of fused-ring (bicyclic) bond motifs is 1. The van der Waals surface area contributed by atoms with E-state index in [0.717, 1.165) is 17.5 Å². The van der Waals surface area contributed by atoms with E-state index in [-0.39, 0.29) is 5.91 Å². The zero-order valence-corrected chi connectivity index (χ0v) is 15.2. The van der Waals surface area contributed by atoms with Gasteiger partial charge in [0.2, 0.25) is 5.91 Å². The van der Waals surface area contributed by atoms with Crippen LogP contribution in [0.25, 0.3) is 10.8 Å². The second-order valence-electron chi connectivity index (χ2n) is 7.05. The monoisotopic (exact) mass is 324 g/mol. The molecule has 0 radical (unpaired) electrons. The third kappa shape index (κ3) is 4.04. The molecule has 2 aromatic rings. The lowest BCUT2D eigenvalue weighted by Crippen LogP contribution is -2.43. The lowest BCUT2D eigenvalue weighted by molar-refractivity contribution is -0.123. The number of carbonyl (C=O) groups is 1. The van der Waals surface area contributed by atoms with E-state index in [1.54, 1.807) is 0 Å². The number of carbonyl (C=O) groups excluding carboxylic acids is 1. The van der Waals surface area contributed by atoms with E-state index in [9.17, 15) is 4.79 Å². The van der Waals surface area contributed by atoms with Crippen molar-refractivity contribution in [2.45, 2.75) is 32.1 Å².